The van der Waals surface area contributed by atoms with E-state index in [0.717, 1.165) is 0 Å². The zero-order valence-electron chi connectivity index (χ0n) is 14.8. The van der Waals surface area contributed by atoms with Crippen LogP contribution < -0.4 is 4.74 Å². The van der Waals surface area contributed by atoms with Crippen molar-refractivity contribution in [3.8, 4) is 5.88 Å². The minimum absolute atomic E-state index is 0.133. The third-order valence-corrected chi connectivity index (χ3v) is 4.31. The van der Waals surface area contributed by atoms with E-state index in [0.29, 0.717) is 22.9 Å². The summed E-state index contributed by atoms with van der Waals surface area (Å²) in [5.41, 5.74) is -1.04. The number of carbonyl (C=O) groups excluding carboxylic acids is 1. The predicted molar refractivity (Wildman–Crippen MR) is 91.5 cm³/mol. The first-order chi connectivity index (χ1) is 11.0. The second-order valence-electron chi connectivity index (χ2n) is 7.34. The summed E-state index contributed by atoms with van der Waals surface area (Å²) >= 11 is 6.23. The van der Waals surface area contributed by atoms with Crippen LogP contribution in [0.2, 0.25) is 5.02 Å². The van der Waals surface area contributed by atoms with E-state index in [1.165, 1.54) is 7.11 Å². The lowest BCUT2D eigenvalue weighted by molar-refractivity contribution is 0.0128. The van der Waals surface area contributed by atoms with Crippen molar-refractivity contribution < 1.29 is 19.4 Å². The van der Waals surface area contributed by atoms with Crippen LogP contribution >= 0.6 is 11.6 Å². The molecule has 7 heteroatoms. The average molecular weight is 357 g/mol. The lowest BCUT2D eigenvalue weighted by Gasteiger charge is -2.28. The van der Waals surface area contributed by atoms with Crippen molar-refractivity contribution in [2.75, 3.05) is 13.7 Å². The molecule has 24 heavy (non-hydrogen) atoms. The van der Waals surface area contributed by atoms with Crippen LogP contribution in [0.5, 0.6) is 5.88 Å². The second kappa shape index (κ2) is 6.76. The Kier molecular flexibility index (Phi) is 5.30. The molecule has 2 atom stereocenters. The Hall–Kier alpha value is -1.53. The quantitative estimate of drug-likeness (QED) is 0.901. The molecule has 0 aliphatic carbocycles. The summed E-state index contributed by atoms with van der Waals surface area (Å²) in [6.45, 7) is 7.52. The van der Waals surface area contributed by atoms with Gasteiger partial charge in [0.25, 0.3) is 0 Å². The van der Waals surface area contributed by atoms with Gasteiger partial charge in [-0.25, -0.2) is 9.78 Å². The van der Waals surface area contributed by atoms with Gasteiger partial charge in [0.05, 0.1) is 24.3 Å². The van der Waals surface area contributed by atoms with Crippen LogP contribution in [0, 0.1) is 0 Å². The van der Waals surface area contributed by atoms with Gasteiger partial charge in [0, 0.05) is 24.2 Å². The highest BCUT2D eigenvalue weighted by molar-refractivity contribution is 6.31. The number of carbonyl (C=O) groups is 1. The van der Waals surface area contributed by atoms with Crippen LogP contribution in [-0.4, -0.2) is 52.0 Å². The minimum atomic E-state index is -1.10. The smallest absolute Gasteiger partial charge is 0.410 e. The van der Waals surface area contributed by atoms with Gasteiger partial charge in [0.15, 0.2) is 0 Å². The summed E-state index contributed by atoms with van der Waals surface area (Å²) < 4.78 is 10.7. The van der Waals surface area contributed by atoms with E-state index in [-0.39, 0.29) is 19.0 Å². The first-order valence-electron chi connectivity index (χ1n) is 7.94. The summed E-state index contributed by atoms with van der Waals surface area (Å²) in [4.78, 5) is 18.0. The number of amides is 1. The van der Waals surface area contributed by atoms with Gasteiger partial charge in [-0.2, -0.15) is 0 Å². The predicted octanol–water partition coefficient (Wildman–Crippen LogP) is 3.05. The summed E-state index contributed by atoms with van der Waals surface area (Å²) in [5.74, 6) is 0.388. The Balaban J connectivity index is 2.17. The molecule has 134 valence electrons. The molecule has 1 aliphatic heterocycles. The van der Waals surface area contributed by atoms with Crippen molar-refractivity contribution in [2.45, 2.75) is 57.8 Å². The molecule has 1 amide bonds. The summed E-state index contributed by atoms with van der Waals surface area (Å²) in [6, 6.07) is 1.53. The fourth-order valence-electron chi connectivity index (χ4n) is 3.01. The molecule has 0 saturated carbocycles. The summed E-state index contributed by atoms with van der Waals surface area (Å²) in [6.07, 6.45) is 1.82. The Morgan fingerprint density at radius 1 is 1.54 bits per heavy atom. The first kappa shape index (κ1) is 18.8. The molecule has 2 heterocycles. The van der Waals surface area contributed by atoms with Gasteiger partial charge in [-0.05, 0) is 40.2 Å². The van der Waals surface area contributed by atoms with Crippen LogP contribution in [0.1, 0.15) is 39.7 Å². The zero-order chi connectivity index (χ0) is 18.1. The number of methoxy groups -OCH3 is 1. The molecule has 1 fully saturated rings. The van der Waals surface area contributed by atoms with Crippen molar-refractivity contribution in [2.24, 2.45) is 0 Å². The van der Waals surface area contributed by atoms with Gasteiger partial charge in [0.2, 0.25) is 5.88 Å². The number of hydrogen-bond donors (Lipinski definition) is 1. The number of aromatic nitrogens is 1. The molecular weight excluding hydrogens is 332 g/mol. The maximum Gasteiger partial charge on any atom is 0.410 e. The summed E-state index contributed by atoms with van der Waals surface area (Å²) in [7, 11) is 1.51. The molecule has 1 saturated heterocycles. The Bertz CT molecular complexity index is 617. The van der Waals surface area contributed by atoms with E-state index >= 15 is 0 Å². The monoisotopic (exact) mass is 356 g/mol. The fraction of sp³-hybridized carbons (Fsp3) is 0.647. The van der Waals surface area contributed by atoms with Gasteiger partial charge < -0.3 is 19.5 Å². The lowest BCUT2D eigenvalue weighted by Crippen LogP contribution is -2.41. The van der Waals surface area contributed by atoms with Gasteiger partial charge in [-0.15, -0.1) is 0 Å². The molecule has 6 nitrogen and oxygen atoms in total. The van der Waals surface area contributed by atoms with Gasteiger partial charge in [-0.1, -0.05) is 11.6 Å². The molecule has 0 bridgehead atoms. The molecular formula is C17H25ClN2O4. The van der Waals surface area contributed by atoms with Crippen LogP contribution in [-0.2, 0) is 11.2 Å². The van der Waals surface area contributed by atoms with Crippen LogP contribution in [0.3, 0.4) is 0 Å². The highest BCUT2D eigenvalue weighted by Crippen LogP contribution is 2.35. The number of rotatable bonds is 3. The van der Waals surface area contributed by atoms with Crippen molar-refractivity contribution in [1.82, 2.24) is 9.88 Å². The van der Waals surface area contributed by atoms with Gasteiger partial charge >= 0.3 is 6.09 Å². The van der Waals surface area contributed by atoms with E-state index in [1.807, 2.05) is 27.7 Å². The van der Waals surface area contributed by atoms with Crippen LogP contribution in [0.15, 0.2) is 12.3 Å². The average Bonchev–Trinajstić information content (AvgIpc) is 2.75. The number of ether oxygens (including phenoxy) is 2. The van der Waals surface area contributed by atoms with E-state index in [9.17, 15) is 9.90 Å². The molecule has 1 aromatic rings. The molecule has 0 spiro atoms. The maximum absolute atomic E-state index is 12.3. The number of β-amino-alcohol motifs (C(OH)–C–C–N with tert-alkyl or cyclic N) is 1. The van der Waals surface area contributed by atoms with Crippen LogP contribution in [0.25, 0.3) is 0 Å². The number of hydrogen-bond acceptors (Lipinski definition) is 5. The molecule has 1 aliphatic rings. The third kappa shape index (κ3) is 4.30. The van der Waals surface area contributed by atoms with Gasteiger partial charge in [-0.3, -0.25) is 0 Å². The van der Waals surface area contributed by atoms with Crippen molar-refractivity contribution >= 4 is 17.7 Å². The van der Waals surface area contributed by atoms with Crippen molar-refractivity contribution in [1.29, 1.82) is 0 Å². The Labute approximate surface area is 147 Å². The van der Waals surface area contributed by atoms with Crippen LogP contribution in [0.4, 0.5) is 4.79 Å². The normalized spacial score (nSPS) is 24.1. The minimum Gasteiger partial charge on any atom is -0.481 e. The van der Waals surface area contributed by atoms with E-state index in [4.69, 9.17) is 21.1 Å². The van der Waals surface area contributed by atoms with Gasteiger partial charge in [0.1, 0.15) is 5.60 Å². The van der Waals surface area contributed by atoms with E-state index in [1.54, 1.807) is 17.2 Å². The number of aliphatic hydroxyl groups is 1. The Morgan fingerprint density at radius 3 is 2.79 bits per heavy atom. The number of nitrogens with zero attached hydrogens (tertiary/aromatic N) is 2. The molecule has 2 rings (SSSR count). The maximum atomic E-state index is 12.3. The highest BCUT2D eigenvalue weighted by Gasteiger charge is 2.45. The first-order valence-corrected chi connectivity index (χ1v) is 8.32. The lowest BCUT2D eigenvalue weighted by atomic mass is 9.92. The molecule has 1 unspecified atom stereocenters. The van der Waals surface area contributed by atoms with E-state index in [2.05, 4.69) is 4.98 Å². The number of pyridine rings is 1. The number of likely N-dealkylation sites (tertiary alicyclic amines) is 1. The Morgan fingerprint density at radius 2 is 2.21 bits per heavy atom. The molecule has 1 N–H and O–H groups in total. The van der Waals surface area contributed by atoms with E-state index < -0.39 is 17.3 Å². The highest BCUT2D eigenvalue weighted by atomic mass is 35.5. The third-order valence-electron chi connectivity index (χ3n) is 3.96. The molecule has 1 aromatic heterocycles. The number of halogens is 1. The SMILES string of the molecule is COc1nccc(Cl)c1CC1(O)C[C@H](C)N(C(=O)OC(C)(C)C)C1. The van der Waals surface area contributed by atoms with Crippen molar-refractivity contribution in [3.63, 3.8) is 0 Å². The standard InChI is InChI=1S/C17H25ClN2O4/c1-11-8-17(22,10-20(11)15(21)24-16(2,3)4)9-12-13(18)6-7-19-14(12)23-5/h6-7,11,22H,8-10H2,1-5H3/t11-,17?/m0/s1. The molecule has 0 aromatic carbocycles. The fourth-order valence-corrected chi connectivity index (χ4v) is 3.21. The molecule has 0 radical (unpaired) electrons. The second-order valence-corrected chi connectivity index (χ2v) is 7.75. The summed E-state index contributed by atoms with van der Waals surface area (Å²) in [5, 5.41) is 11.5. The topological polar surface area (TPSA) is 71.9 Å². The zero-order valence-corrected chi connectivity index (χ0v) is 15.6. The largest absolute Gasteiger partial charge is 0.481 e. The van der Waals surface area contributed by atoms with Crippen molar-refractivity contribution in [3.05, 3.63) is 22.8 Å².